The minimum atomic E-state index is -0.923. The van der Waals surface area contributed by atoms with Crippen LogP contribution in [-0.4, -0.2) is 63.9 Å². The van der Waals surface area contributed by atoms with Gasteiger partial charge in [0.15, 0.2) is 17.4 Å². The van der Waals surface area contributed by atoms with Crippen LogP contribution >= 0.6 is 0 Å². The number of aliphatic hydroxyl groups is 3. The maximum Gasteiger partial charge on any atom is 0.277 e. The number of aliphatic hydroxyl groups excluding tert-OH is 3. The van der Waals surface area contributed by atoms with Crippen LogP contribution in [0, 0.1) is 18.8 Å². The number of ketones is 1. The van der Waals surface area contributed by atoms with Crippen molar-refractivity contribution in [1.29, 1.82) is 0 Å². The Hall–Kier alpha value is -3.53. The molecule has 44 heavy (non-hydrogen) atoms. The van der Waals surface area contributed by atoms with E-state index in [1.54, 1.807) is 6.07 Å². The van der Waals surface area contributed by atoms with Crippen molar-refractivity contribution in [2.45, 2.75) is 82.3 Å². The first kappa shape index (κ1) is 30.5. The van der Waals surface area contributed by atoms with Crippen molar-refractivity contribution in [2.24, 2.45) is 11.8 Å². The molecule has 1 aromatic heterocycles. The number of oxazole rings is 1. The van der Waals surface area contributed by atoms with E-state index in [4.69, 9.17) is 4.42 Å². The third-order valence-electron chi connectivity index (χ3n) is 9.83. The summed E-state index contributed by atoms with van der Waals surface area (Å²) in [4.78, 5) is 33.4. The number of hydrogen-bond donors (Lipinski definition) is 4. The number of para-hydroxylation sites is 1. The van der Waals surface area contributed by atoms with E-state index in [-0.39, 0.29) is 41.7 Å². The number of benzene rings is 2. The number of piperidine rings is 1. The third-order valence-corrected chi connectivity index (χ3v) is 9.83. The normalized spacial score (nSPS) is 24.0. The van der Waals surface area contributed by atoms with E-state index >= 15 is 0 Å². The molecule has 9 nitrogen and oxygen atoms in total. The quantitative estimate of drug-likeness (QED) is 0.220. The number of Topliss-reactive ketones (excluding diaryl/α,β-unsaturated/α-hetero) is 1. The molecule has 1 aliphatic heterocycles. The van der Waals surface area contributed by atoms with Crippen molar-refractivity contribution in [3.8, 4) is 0 Å². The number of aryl methyl sites for hydroxylation is 1. The topological polar surface area (TPSA) is 136 Å². The maximum absolute atomic E-state index is 13.3. The van der Waals surface area contributed by atoms with Gasteiger partial charge in [-0.3, -0.25) is 9.59 Å². The van der Waals surface area contributed by atoms with Crippen LogP contribution in [0.1, 0.15) is 101 Å². The molecule has 4 N–H and O–H groups in total. The average molecular weight is 602 g/mol. The number of carbonyl (C=O) groups is 2. The van der Waals surface area contributed by atoms with E-state index in [0.717, 1.165) is 44.3 Å². The molecule has 0 radical (unpaired) electrons. The van der Waals surface area contributed by atoms with Gasteiger partial charge in [-0.05, 0) is 87.0 Å². The van der Waals surface area contributed by atoms with Crippen LogP contribution < -0.4 is 10.2 Å². The summed E-state index contributed by atoms with van der Waals surface area (Å²) >= 11 is 0. The molecule has 234 valence electrons. The lowest BCUT2D eigenvalue weighted by Crippen LogP contribution is -2.33. The van der Waals surface area contributed by atoms with Crippen LogP contribution in [0.3, 0.4) is 0 Å². The zero-order valence-electron chi connectivity index (χ0n) is 25.3. The molecule has 4 atom stereocenters. The second kappa shape index (κ2) is 13.2. The number of rotatable bonds is 11. The van der Waals surface area contributed by atoms with Crippen molar-refractivity contribution in [3.05, 3.63) is 77.0 Å². The molecule has 6 rings (SSSR count). The standard InChI is InChI=1S/C35H43N3O6/c1-21-5-2-3-7-30(21)38-15-13-22(14-16-38)27-12-11-24(31(40)8-4-6-25-17-26(19-39)33(42)32(25)41)18-28(27)36-34(43)29-20-44-35(37-29)23-9-10-23/h2-3,5,7,11-12,18,20,22-23,25-26,32-33,39,41-42H,4,6,8-10,13-17,19H2,1H3,(H,36,43)/t25-,26-,32+,33-/m1/s1. The predicted molar refractivity (Wildman–Crippen MR) is 167 cm³/mol. The van der Waals surface area contributed by atoms with Crippen LogP contribution in [0.15, 0.2) is 53.1 Å². The summed E-state index contributed by atoms with van der Waals surface area (Å²) in [5.74, 6) is 0.284. The van der Waals surface area contributed by atoms with Crippen LogP contribution in [0.25, 0.3) is 0 Å². The average Bonchev–Trinajstić information content (AvgIpc) is 3.70. The number of nitrogens with zero attached hydrogens (tertiary/aromatic N) is 2. The second-order valence-electron chi connectivity index (χ2n) is 12.9. The summed E-state index contributed by atoms with van der Waals surface area (Å²) in [5.41, 5.74) is 4.92. The molecular formula is C35H43N3O6. The Balaban J connectivity index is 1.16. The fraction of sp³-hybridized carbons (Fsp3) is 0.514. The molecule has 0 spiro atoms. The first-order chi connectivity index (χ1) is 21.3. The fourth-order valence-electron chi connectivity index (χ4n) is 7.01. The molecule has 0 unspecified atom stereocenters. The third kappa shape index (κ3) is 6.60. The van der Waals surface area contributed by atoms with E-state index in [1.807, 2.05) is 12.1 Å². The Kier molecular flexibility index (Phi) is 9.16. The van der Waals surface area contributed by atoms with Gasteiger partial charge < -0.3 is 30.0 Å². The van der Waals surface area contributed by atoms with E-state index in [0.29, 0.717) is 48.7 Å². The minimum Gasteiger partial charge on any atom is -0.448 e. The summed E-state index contributed by atoms with van der Waals surface area (Å²) in [6, 6.07) is 14.1. The molecule has 3 fully saturated rings. The Labute approximate surface area is 258 Å². The van der Waals surface area contributed by atoms with Gasteiger partial charge in [-0.25, -0.2) is 4.98 Å². The zero-order chi connectivity index (χ0) is 30.8. The van der Waals surface area contributed by atoms with Gasteiger partial charge in [-0.2, -0.15) is 0 Å². The van der Waals surface area contributed by atoms with E-state index < -0.39 is 12.2 Å². The number of hydrogen-bond acceptors (Lipinski definition) is 8. The number of nitrogens with one attached hydrogen (secondary N) is 1. The van der Waals surface area contributed by atoms with Gasteiger partial charge in [-0.1, -0.05) is 30.3 Å². The summed E-state index contributed by atoms with van der Waals surface area (Å²) in [5, 5.41) is 33.0. The molecule has 2 heterocycles. The van der Waals surface area contributed by atoms with Crippen molar-refractivity contribution in [2.75, 3.05) is 29.9 Å². The van der Waals surface area contributed by atoms with Gasteiger partial charge >= 0.3 is 0 Å². The lowest BCUT2D eigenvalue weighted by atomic mass is 9.86. The highest BCUT2D eigenvalue weighted by atomic mass is 16.3. The largest absolute Gasteiger partial charge is 0.448 e. The first-order valence-corrected chi connectivity index (χ1v) is 16.0. The van der Waals surface area contributed by atoms with Crippen LogP contribution in [-0.2, 0) is 0 Å². The highest BCUT2D eigenvalue weighted by molar-refractivity contribution is 6.04. The number of anilines is 2. The van der Waals surface area contributed by atoms with E-state index in [2.05, 4.69) is 46.4 Å². The van der Waals surface area contributed by atoms with Gasteiger partial charge in [0.1, 0.15) is 6.26 Å². The molecule has 3 aromatic rings. The maximum atomic E-state index is 13.3. The van der Waals surface area contributed by atoms with E-state index in [1.165, 1.54) is 17.5 Å². The molecule has 1 saturated heterocycles. The molecule has 3 aliphatic rings. The minimum absolute atomic E-state index is 0.0365. The molecule has 2 saturated carbocycles. The van der Waals surface area contributed by atoms with Crippen LogP contribution in [0.2, 0.25) is 0 Å². The van der Waals surface area contributed by atoms with Crippen LogP contribution in [0.5, 0.6) is 0 Å². The van der Waals surface area contributed by atoms with Crippen molar-refractivity contribution < 1.29 is 29.3 Å². The SMILES string of the molecule is Cc1ccccc1N1CCC(c2ccc(C(=O)CCC[C@@H]3C[C@H](CO)[C@@H](O)[C@H]3O)cc2NC(=O)c2coc(C3CC3)n2)CC1. The zero-order valence-corrected chi connectivity index (χ0v) is 25.3. The van der Waals surface area contributed by atoms with Gasteiger partial charge in [0.05, 0.1) is 12.2 Å². The number of amides is 1. The lowest BCUT2D eigenvalue weighted by Gasteiger charge is -2.35. The Morgan fingerprint density at radius 1 is 1.00 bits per heavy atom. The summed E-state index contributed by atoms with van der Waals surface area (Å²) < 4.78 is 5.55. The van der Waals surface area contributed by atoms with Gasteiger partial charge in [0, 0.05) is 54.9 Å². The Morgan fingerprint density at radius 2 is 1.75 bits per heavy atom. The summed E-state index contributed by atoms with van der Waals surface area (Å²) in [6.07, 6.45) is 5.50. The molecule has 0 bridgehead atoms. The molecule has 2 aliphatic carbocycles. The van der Waals surface area contributed by atoms with E-state index in [9.17, 15) is 24.9 Å². The Bertz CT molecular complexity index is 1470. The number of carbonyl (C=O) groups excluding carboxylic acids is 2. The summed E-state index contributed by atoms with van der Waals surface area (Å²) in [7, 11) is 0. The Morgan fingerprint density at radius 3 is 2.45 bits per heavy atom. The molecular weight excluding hydrogens is 558 g/mol. The van der Waals surface area contributed by atoms with Crippen LogP contribution in [0.4, 0.5) is 11.4 Å². The van der Waals surface area contributed by atoms with Crippen molar-refractivity contribution in [1.82, 2.24) is 4.98 Å². The highest BCUT2D eigenvalue weighted by Gasteiger charge is 2.40. The predicted octanol–water partition coefficient (Wildman–Crippen LogP) is 5.20. The molecule has 9 heteroatoms. The smallest absolute Gasteiger partial charge is 0.277 e. The molecule has 1 amide bonds. The second-order valence-corrected chi connectivity index (χ2v) is 12.9. The van der Waals surface area contributed by atoms with Gasteiger partial charge in [0.2, 0.25) is 0 Å². The van der Waals surface area contributed by atoms with Gasteiger partial charge in [-0.15, -0.1) is 0 Å². The van der Waals surface area contributed by atoms with Crippen molar-refractivity contribution >= 4 is 23.1 Å². The fourth-order valence-corrected chi connectivity index (χ4v) is 7.01. The lowest BCUT2D eigenvalue weighted by molar-refractivity contribution is -0.00708. The molecule has 2 aromatic carbocycles. The summed E-state index contributed by atoms with van der Waals surface area (Å²) in [6.45, 7) is 3.77. The highest BCUT2D eigenvalue weighted by Crippen LogP contribution is 2.40. The van der Waals surface area contributed by atoms with Gasteiger partial charge in [0.25, 0.3) is 5.91 Å². The van der Waals surface area contributed by atoms with Crippen molar-refractivity contribution in [3.63, 3.8) is 0 Å². The first-order valence-electron chi connectivity index (χ1n) is 16.0. The number of aromatic nitrogens is 1. The monoisotopic (exact) mass is 601 g/mol.